The molecular formula is C14H26ClN5O. The van der Waals surface area contributed by atoms with Crippen molar-refractivity contribution in [1.29, 1.82) is 0 Å². The molecule has 120 valence electrons. The number of nitrogens with zero attached hydrogens (tertiary/aromatic N) is 2. The molecule has 2 rings (SSSR count). The molecule has 0 atom stereocenters. The molecule has 0 saturated carbocycles. The Bertz CT molecular complexity index is 448. The number of halogens is 1. The normalized spacial score (nSPS) is 16.3. The average molecular weight is 316 g/mol. The van der Waals surface area contributed by atoms with E-state index in [4.69, 9.17) is 0 Å². The molecule has 3 N–H and O–H groups in total. The molecule has 6 nitrogen and oxygen atoms in total. The number of aromatic nitrogens is 2. The molecule has 21 heavy (non-hydrogen) atoms. The minimum absolute atomic E-state index is 0. The van der Waals surface area contributed by atoms with E-state index in [-0.39, 0.29) is 23.7 Å². The number of aromatic amines is 1. The van der Waals surface area contributed by atoms with Gasteiger partial charge in [-0.2, -0.15) is 5.10 Å². The van der Waals surface area contributed by atoms with Gasteiger partial charge >= 0.3 is 0 Å². The van der Waals surface area contributed by atoms with E-state index in [0.717, 1.165) is 38.4 Å². The zero-order chi connectivity index (χ0) is 14.6. The maximum atomic E-state index is 12.0. The van der Waals surface area contributed by atoms with Gasteiger partial charge in [-0.05, 0) is 6.07 Å². The number of nitrogens with one attached hydrogen (secondary N) is 3. The molecule has 0 bridgehead atoms. The molecule has 0 spiro atoms. The Balaban J connectivity index is 0.00000220. The van der Waals surface area contributed by atoms with Crippen molar-refractivity contribution >= 4 is 18.3 Å². The van der Waals surface area contributed by atoms with Gasteiger partial charge in [0.2, 0.25) is 0 Å². The second kappa shape index (κ2) is 7.77. The van der Waals surface area contributed by atoms with Crippen molar-refractivity contribution in [1.82, 2.24) is 25.7 Å². The van der Waals surface area contributed by atoms with Crippen LogP contribution in [0, 0.1) is 0 Å². The SMILES string of the molecule is CC(C)(C)c1cc(C(=O)NCCN2CCNCC2)n[nH]1.Cl. The highest BCUT2D eigenvalue weighted by Gasteiger charge is 2.19. The van der Waals surface area contributed by atoms with Crippen LogP contribution in [-0.2, 0) is 5.41 Å². The summed E-state index contributed by atoms with van der Waals surface area (Å²) in [5.74, 6) is -0.105. The van der Waals surface area contributed by atoms with Crippen LogP contribution in [0.25, 0.3) is 0 Å². The van der Waals surface area contributed by atoms with Crippen molar-refractivity contribution in [3.63, 3.8) is 0 Å². The maximum absolute atomic E-state index is 12.0. The number of carbonyl (C=O) groups is 1. The minimum Gasteiger partial charge on any atom is -0.349 e. The van der Waals surface area contributed by atoms with Crippen molar-refractivity contribution in [2.75, 3.05) is 39.3 Å². The van der Waals surface area contributed by atoms with Crippen molar-refractivity contribution in [3.05, 3.63) is 17.5 Å². The van der Waals surface area contributed by atoms with Gasteiger partial charge in [-0.25, -0.2) is 0 Å². The van der Waals surface area contributed by atoms with Gasteiger partial charge in [0, 0.05) is 50.4 Å². The van der Waals surface area contributed by atoms with Crippen LogP contribution >= 0.6 is 12.4 Å². The van der Waals surface area contributed by atoms with Gasteiger partial charge in [0.05, 0.1) is 0 Å². The summed E-state index contributed by atoms with van der Waals surface area (Å²) >= 11 is 0. The van der Waals surface area contributed by atoms with Gasteiger partial charge in [-0.1, -0.05) is 20.8 Å². The van der Waals surface area contributed by atoms with Crippen LogP contribution in [0.15, 0.2) is 6.07 Å². The lowest BCUT2D eigenvalue weighted by Gasteiger charge is -2.26. The number of hydrogen-bond acceptors (Lipinski definition) is 4. The van der Waals surface area contributed by atoms with Crippen LogP contribution in [0.2, 0.25) is 0 Å². The quantitative estimate of drug-likeness (QED) is 0.767. The smallest absolute Gasteiger partial charge is 0.271 e. The summed E-state index contributed by atoms with van der Waals surface area (Å²) in [5.41, 5.74) is 1.42. The standard InChI is InChI=1S/C14H25N5O.ClH/c1-14(2,3)12-10-11(17-18-12)13(20)16-6-9-19-7-4-15-5-8-19;/h10,15H,4-9H2,1-3H3,(H,16,20)(H,17,18);1H. The lowest BCUT2D eigenvalue weighted by Crippen LogP contribution is -2.46. The van der Waals surface area contributed by atoms with E-state index in [1.165, 1.54) is 0 Å². The van der Waals surface area contributed by atoms with Crippen molar-refractivity contribution < 1.29 is 4.79 Å². The Morgan fingerprint density at radius 2 is 2.05 bits per heavy atom. The summed E-state index contributed by atoms with van der Waals surface area (Å²) in [6, 6.07) is 1.83. The monoisotopic (exact) mass is 315 g/mol. The molecule has 0 aliphatic carbocycles. The predicted octanol–water partition coefficient (Wildman–Crippen LogP) is 0.764. The first kappa shape index (κ1) is 17.9. The summed E-state index contributed by atoms with van der Waals surface area (Å²) in [4.78, 5) is 14.4. The van der Waals surface area contributed by atoms with Crippen LogP contribution in [0.1, 0.15) is 37.0 Å². The zero-order valence-electron chi connectivity index (χ0n) is 13.0. The van der Waals surface area contributed by atoms with E-state index >= 15 is 0 Å². The molecular weight excluding hydrogens is 290 g/mol. The fraction of sp³-hybridized carbons (Fsp3) is 0.714. The molecule has 0 aromatic carbocycles. The summed E-state index contributed by atoms with van der Waals surface area (Å²) < 4.78 is 0. The highest BCUT2D eigenvalue weighted by atomic mass is 35.5. The highest BCUT2D eigenvalue weighted by Crippen LogP contribution is 2.20. The number of amides is 1. The Morgan fingerprint density at radius 3 is 2.62 bits per heavy atom. The van der Waals surface area contributed by atoms with E-state index in [1.807, 2.05) is 6.07 Å². The first-order valence-electron chi connectivity index (χ1n) is 7.24. The molecule has 1 aromatic heterocycles. The van der Waals surface area contributed by atoms with Gasteiger partial charge in [-0.15, -0.1) is 12.4 Å². The number of piperazine rings is 1. The molecule has 0 radical (unpaired) electrons. The summed E-state index contributed by atoms with van der Waals surface area (Å²) in [7, 11) is 0. The topological polar surface area (TPSA) is 73.1 Å². The fourth-order valence-electron chi connectivity index (χ4n) is 2.18. The van der Waals surface area contributed by atoms with Crippen LogP contribution in [0.3, 0.4) is 0 Å². The maximum Gasteiger partial charge on any atom is 0.271 e. The fourth-order valence-corrected chi connectivity index (χ4v) is 2.18. The van der Waals surface area contributed by atoms with E-state index < -0.39 is 0 Å². The molecule has 1 aliphatic rings. The van der Waals surface area contributed by atoms with Crippen LogP contribution in [-0.4, -0.2) is 60.3 Å². The van der Waals surface area contributed by atoms with Crippen LogP contribution < -0.4 is 10.6 Å². The van der Waals surface area contributed by atoms with Gasteiger partial charge in [0.25, 0.3) is 5.91 Å². The van der Waals surface area contributed by atoms with Gasteiger partial charge in [0.1, 0.15) is 5.69 Å². The number of hydrogen-bond donors (Lipinski definition) is 3. The predicted molar refractivity (Wildman–Crippen MR) is 86.2 cm³/mol. The van der Waals surface area contributed by atoms with Gasteiger partial charge < -0.3 is 10.6 Å². The van der Waals surface area contributed by atoms with Crippen LogP contribution in [0.4, 0.5) is 0 Å². The molecule has 0 unspecified atom stereocenters. The van der Waals surface area contributed by atoms with E-state index in [9.17, 15) is 4.79 Å². The Morgan fingerprint density at radius 1 is 1.38 bits per heavy atom. The first-order chi connectivity index (χ1) is 9.47. The molecule has 7 heteroatoms. The number of rotatable bonds is 4. The average Bonchev–Trinajstić information content (AvgIpc) is 2.89. The molecule has 1 fully saturated rings. The van der Waals surface area contributed by atoms with E-state index in [1.54, 1.807) is 0 Å². The second-order valence-corrected chi connectivity index (χ2v) is 6.26. The van der Waals surface area contributed by atoms with E-state index in [0.29, 0.717) is 12.2 Å². The second-order valence-electron chi connectivity index (χ2n) is 6.26. The minimum atomic E-state index is -0.105. The Hall–Kier alpha value is -1.11. The van der Waals surface area contributed by atoms with Crippen molar-refractivity contribution in [2.45, 2.75) is 26.2 Å². The molecule has 1 aromatic rings. The number of carbonyl (C=O) groups excluding carboxylic acids is 1. The third kappa shape index (κ3) is 5.30. The zero-order valence-corrected chi connectivity index (χ0v) is 13.8. The van der Waals surface area contributed by atoms with Gasteiger partial charge in [0.15, 0.2) is 0 Å². The lowest BCUT2D eigenvalue weighted by atomic mass is 9.92. The highest BCUT2D eigenvalue weighted by molar-refractivity contribution is 5.92. The Labute approximate surface area is 132 Å². The third-order valence-electron chi connectivity index (χ3n) is 3.54. The van der Waals surface area contributed by atoms with E-state index in [2.05, 4.69) is 46.5 Å². The molecule has 1 aliphatic heterocycles. The first-order valence-corrected chi connectivity index (χ1v) is 7.24. The molecule has 2 heterocycles. The van der Waals surface area contributed by atoms with Crippen molar-refractivity contribution in [3.8, 4) is 0 Å². The number of H-pyrrole nitrogens is 1. The third-order valence-corrected chi connectivity index (χ3v) is 3.54. The largest absolute Gasteiger partial charge is 0.349 e. The van der Waals surface area contributed by atoms with Gasteiger partial charge in [-0.3, -0.25) is 14.8 Å². The lowest BCUT2D eigenvalue weighted by molar-refractivity contribution is 0.0942. The summed E-state index contributed by atoms with van der Waals surface area (Å²) in [5, 5.41) is 13.3. The summed E-state index contributed by atoms with van der Waals surface area (Å²) in [6.45, 7) is 12.0. The molecule has 1 saturated heterocycles. The van der Waals surface area contributed by atoms with Crippen molar-refractivity contribution in [2.24, 2.45) is 0 Å². The summed E-state index contributed by atoms with van der Waals surface area (Å²) in [6.07, 6.45) is 0. The Kier molecular flexibility index (Phi) is 6.64. The molecule has 1 amide bonds. The van der Waals surface area contributed by atoms with Crippen LogP contribution in [0.5, 0.6) is 0 Å².